The van der Waals surface area contributed by atoms with Crippen molar-refractivity contribution in [3.8, 4) is 5.75 Å². The fourth-order valence-electron chi connectivity index (χ4n) is 0.557. The summed E-state index contributed by atoms with van der Waals surface area (Å²) in [6.07, 6.45) is 1.25. The van der Waals surface area contributed by atoms with Gasteiger partial charge in [0.05, 0.1) is 7.11 Å². The Hall–Kier alpha value is -0.980. The molecule has 0 fully saturated rings. The minimum Gasteiger partial charge on any atom is -0.497 e. The van der Waals surface area contributed by atoms with E-state index in [0.29, 0.717) is 0 Å². The maximum atomic E-state index is 4.91. The second-order valence-corrected chi connectivity index (χ2v) is 2.22. The van der Waals surface area contributed by atoms with E-state index >= 15 is 0 Å². The lowest BCUT2D eigenvalue weighted by Gasteiger charge is -1.93. The molecular formula is C12H22O. The van der Waals surface area contributed by atoms with E-state index < -0.39 is 0 Å². The SMILES string of the molecule is CC.CCC.COc1ccccc1. The zero-order chi connectivity index (χ0) is 10.5. The predicted molar refractivity (Wildman–Crippen MR) is 60.3 cm³/mol. The molecule has 76 valence electrons. The molecule has 0 spiro atoms. The molecule has 0 amide bonds. The van der Waals surface area contributed by atoms with Crippen LogP contribution in [-0.4, -0.2) is 7.11 Å². The zero-order valence-electron chi connectivity index (χ0n) is 9.50. The molecule has 0 saturated heterocycles. The molecule has 0 aliphatic heterocycles. The van der Waals surface area contributed by atoms with Crippen LogP contribution in [0.3, 0.4) is 0 Å². The van der Waals surface area contributed by atoms with Crippen LogP contribution in [0.25, 0.3) is 0 Å². The van der Waals surface area contributed by atoms with Crippen molar-refractivity contribution < 1.29 is 4.74 Å². The summed E-state index contributed by atoms with van der Waals surface area (Å²) in [6, 6.07) is 9.68. The summed E-state index contributed by atoms with van der Waals surface area (Å²) in [4.78, 5) is 0. The number of hydrogen-bond donors (Lipinski definition) is 0. The maximum absolute atomic E-state index is 4.91. The molecule has 13 heavy (non-hydrogen) atoms. The van der Waals surface area contributed by atoms with E-state index in [4.69, 9.17) is 4.74 Å². The number of methoxy groups -OCH3 is 1. The van der Waals surface area contributed by atoms with Gasteiger partial charge in [-0.15, -0.1) is 0 Å². The molecule has 0 aromatic heterocycles. The fraction of sp³-hybridized carbons (Fsp3) is 0.500. The maximum Gasteiger partial charge on any atom is 0.118 e. The molecular weight excluding hydrogens is 160 g/mol. The van der Waals surface area contributed by atoms with Crippen LogP contribution in [0.2, 0.25) is 0 Å². The van der Waals surface area contributed by atoms with Crippen molar-refractivity contribution in [2.45, 2.75) is 34.1 Å². The summed E-state index contributed by atoms with van der Waals surface area (Å²) in [7, 11) is 1.66. The molecule has 0 radical (unpaired) electrons. The van der Waals surface area contributed by atoms with Gasteiger partial charge in [0.15, 0.2) is 0 Å². The van der Waals surface area contributed by atoms with Gasteiger partial charge >= 0.3 is 0 Å². The van der Waals surface area contributed by atoms with Crippen molar-refractivity contribution in [1.82, 2.24) is 0 Å². The standard InChI is InChI=1S/C7H8O.C3H8.C2H6/c1-8-7-5-3-2-4-6-7;1-3-2;1-2/h2-6H,1H3;3H2,1-2H3;1-2H3. The highest BCUT2D eigenvalue weighted by Crippen LogP contribution is 2.05. The van der Waals surface area contributed by atoms with E-state index in [-0.39, 0.29) is 0 Å². The largest absolute Gasteiger partial charge is 0.497 e. The minimum absolute atomic E-state index is 0.910. The van der Waals surface area contributed by atoms with Crippen molar-refractivity contribution in [2.75, 3.05) is 7.11 Å². The average molecular weight is 182 g/mol. The lowest BCUT2D eigenvalue weighted by Crippen LogP contribution is -1.78. The molecule has 0 heterocycles. The van der Waals surface area contributed by atoms with Crippen molar-refractivity contribution in [3.05, 3.63) is 30.3 Å². The predicted octanol–water partition coefficient (Wildman–Crippen LogP) is 4.14. The van der Waals surface area contributed by atoms with E-state index in [9.17, 15) is 0 Å². The van der Waals surface area contributed by atoms with E-state index in [2.05, 4.69) is 13.8 Å². The Morgan fingerprint density at radius 1 is 1.00 bits per heavy atom. The Balaban J connectivity index is 0. The highest BCUT2D eigenvalue weighted by atomic mass is 16.5. The summed E-state index contributed by atoms with van der Waals surface area (Å²) in [6.45, 7) is 8.25. The van der Waals surface area contributed by atoms with Gasteiger partial charge in [-0.3, -0.25) is 0 Å². The van der Waals surface area contributed by atoms with Crippen LogP contribution in [-0.2, 0) is 0 Å². The molecule has 0 saturated carbocycles. The van der Waals surface area contributed by atoms with Gasteiger partial charge in [0.2, 0.25) is 0 Å². The molecule has 0 N–H and O–H groups in total. The van der Waals surface area contributed by atoms with Crippen molar-refractivity contribution in [1.29, 1.82) is 0 Å². The highest BCUT2D eigenvalue weighted by Gasteiger charge is 1.80. The molecule has 1 heteroatoms. The Morgan fingerprint density at radius 2 is 1.38 bits per heavy atom. The van der Waals surface area contributed by atoms with Gasteiger partial charge in [-0.1, -0.05) is 52.3 Å². The van der Waals surface area contributed by atoms with Crippen LogP contribution >= 0.6 is 0 Å². The number of para-hydroxylation sites is 1. The molecule has 1 rings (SSSR count). The topological polar surface area (TPSA) is 9.23 Å². The molecule has 0 aliphatic rings. The molecule has 0 unspecified atom stereocenters. The first-order chi connectivity index (χ1) is 6.35. The third kappa shape index (κ3) is 11.0. The lowest BCUT2D eigenvalue weighted by molar-refractivity contribution is 0.415. The van der Waals surface area contributed by atoms with Crippen molar-refractivity contribution in [3.63, 3.8) is 0 Å². The van der Waals surface area contributed by atoms with E-state index in [1.165, 1.54) is 6.42 Å². The second-order valence-electron chi connectivity index (χ2n) is 2.22. The first-order valence-corrected chi connectivity index (χ1v) is 4.94. The average Bonchev–Trinajstić information content (AvgIpc) is 2.23. The quantitative estimate of drug-likeness (QED) is 0.634. The Labute approximate surface area is 82.7 Å². The summed E-state index contributed by atoms with van der Waals surface area (Å²) in [5.74, 6) is 0.910. The first kappa shape index (κ1) is 14.5. The smallest absolute Gasteiger partial charge is 0.118 e. The molecule has 1 aromatic carbocycles. The normalized spacial score (nSPS) is 7.15. The zero-order valence-corrected chi connectivity index (χ0v) is 9.50. The summed E-state index contributed by atoms with van der Waals surface area (Å²) >= 11 is 0. The van der Waals surface area contributed by atoms with Crippen molar-refractivity contribution in [2.24, 2.45) is 0 Å². The Bertz CT molecular complexity index is 158. The van der Waals surface area contributed by atoms with Gasteiger partial charge in [0.1, 0.15) is 5.75 Å². The van der Waals surface area contributed by atoms with E-state index in [1.54, 1.807) is 7.11 Å². The fourth-order valence-corrected chi connectivity index (χ4v) is 0.557. The lowest BCUT2D eigenvalue weighted by atomic mass is 10.3. The Kier molecular flexibility index (Phi) is 15.2. The number of rotatable bonds is 1. The van der Waals surface area contributed by atoms with Gasteiger partial charge in [-0.25, -0.2) is 0 Å². The summed E-state index contributed by atoms with van der Waals surface area (Å²) in [5, 5.41) is 0. The number of benzene rings is 1. The third-order valence-electron chi connectivity index (χ3n) is 0.979. The van der Waals surface area contributed by atoms with E-state index in [0.717, 1.165) is 5.75 Å². The van der Waals surface area contributed by atoms with Crippen LogP contribution in [0.15, 0.2) is 30.3 Å². The highest BCUT2D eigenvalue weighted by molar-refractivity contribution is 5.20. The van der Waals surface area contributed by atoms with Crippen LogP contribution < -0.4 is 4.74 Å². The van der Waals surface area contributed by atoms with Gasteiger partial charge < -0.3 is 4.74 Å². The molecule has 1 nitrogen and oxygen atoms in total. The Morgan fingerprint density at radius 3 is 1.62 bits per heavy atom. The van der Waals surface area contributed by atoms with Crippen LogP contribution in [0, 0.1) is 0 Å². The van der Waals surface area contributed by atoms with Crippen LogP contribution in [0.4, 0.5) is 0 Å². The van der Waals surface area contributed by atoms with Gasteiger partial charge in [0.25, 0.3) is 0 Å². The molecule has 0 atom stereocenters. The summed E-state index contributed by atoms with van der Waals surface area (Å²) in [5.41, 5.74) is 0. The van der Waals surface area contributed by atoms with Gasteiger partial charge in [-0.2, -0.15) is 0 Å². The van der Waals surface area contributed by atoms with Crippen LogP contribution in [0.1, 0.15) is 34.1 Å². The molecule has 1 aromatic rings. The number of ether oxygens (including phenoxy) is 1. The van der Waals surface area contributed by atoms with Gasteiger partial charge in [-0.05, 0) is 12.1 Å². The third-order valence-corrected chi connectivity index (χ3v) is 0.979. The monoisotopic (exact) mass is 182 g/mol. The molecule has 0 bridgehead atoms. The van der Waals surface area contributed by atoms with E-state index in [1.807, 2.05) is 44.2 Å². The van der Waals surface area contributed by atoms with Crippen molar-refractivity contribution >= 4 is 0 Å². The number of hydrogen-bond acceptors (Lipinski definition) is 1. The first-order valence-electron chi connectivity index (χ1n) is 4.94. The van der Waals surface area contributed by atoms with Gasteiger partial charge in [0, 0.05) is 0 Å². The second kappa shape index (κ2) is 13.6. The van der Waals surface area contributed by atoms with Crippen LogP contribution in [0.5, 0.6) is 5.75 Å². The minimum atomic E-state index is 0.910. The molecule has 0 aliphatic carbocycles. The summed E-state index contributed by atoms with van der Waals surface area (Å²) < 4.78 is 4.91.